The normalized spacial score (nSPS) is 11.2. The van der Waals surface area contributed by atoms with E-state index in [2.05, 4.69) is 59.9 Å². The van der Waals surface area contributed by atoms with Gasteiger partial charge in [0.2, 0.25) is 5.13 Å². The quantitative estimate of drug-likeness (QED) is 0.202. The van der Waals surface area contributed by atoms with Crippen LogP contribution in [0.4, 0.5) is 5.13 Å². The number of anilines is 1. The first-order chi connectivity index (χ1) is 14.7. The fraction of sp³-hybridized carbons (Fsp3) is 0.360. The maximum Gasteiger partial charge on any atom is 0.203 e. The van der Waals surface area contributed by atoms with Crippen molar-refractivity contribution in [2.75, 3.05) is 12.0 Å². The van der Waals surface area contributed by atoms with Gasteiger partial charge in [-0.3, -0.25) is 5.43 Å². The van der Waals surface area contributed by atoms with Crippen molar-refractivity contribution in [3.8, 4) is 17.0 Å². The molecule has 5 heteroatoms. The first-order valence-electron chi connectivity index (χ1n) is 10.7. The molecule has 0 aliphatic rings. The van der Waals surface area contributed by atoms with Crippen LogP contribution in [0, 0.1) is 13.8 Å². The molecule has 0 bridgehead atoms. The predicted octanol–water partition coefficient (Wildman–Crippen LogP) is 7.22. The zero-order valence-electron chi connectivity index (χ0n) is 18.1. The summed E-state index contributed by atoms with van der Waals surface area (Å²) in [5.41, 5.74) is 8.67. The van der Waals surface area contributed by atoms with Gasteiger partial charge in [-0.15, -0.1) is 11.3 Å². The minimum Gasteiger partial charge on any atom is -0.493 e. The number of hydrogen-bond acceptors (Lipinski definition) is 5. The maximum atomic E-state index is 5.97. The highest BCUT2D eigenvalue weighted by Crippen LogP contribution is 2.26. The van der Waals surface area contributed by atoms with E-state index in [1.165, 1.54) is 36.8 Å². The van der Waals surface area contributed by atoms with E-state index in [9.17, 15) is 0 Å². The lowest BCUT2D eigenvalue weighted by atomic mass is 10.1. The van der Waals surface area contributed by atoms with Crippen LogP contribution in [0.2, 0.25) is 0 Å². The highest BCUT2D eigenvalue weighted by atomic mass is 32.1. The number of benzene rings is 2. The van der Waals surface area contributed by atoms with Crippen molar-refractivity contribution >= 4 is 22.7 Å². The van der Waals surface area contributed by atoms with E-state index < -0.39 is 0 Å². The SMILES string of the molecule is CCCCCCCOc1ccccc1/C=N\Nc1nc(-c2ccc(C)c(C)c2)cs1. The number of unbranched alkanes of at least 4 members (excludes halogenated alkanes) is 4. The van der Waals surface area contributed by atoms with Crippen molar-refractivity contribution < 1.29 is 4.74 Å². The number of aryl methyl sites for hydroxylation is 2. The van der Waals surface area contributed by atoms with Gasteiger partial charge in [-0.05, 0) is 49.6 Å². The van der Waals surface area contributed by atoms with Crippen molar-refractivity contribution in [2.24, 2.45) is 5.10 Å². The Kier molecular flexibility index (Phi) is 8.45. The molecule has 1 aromatic heterocycles. The summed E-state index contributed by atoms with van der Waals surface area (Å²) in [4.78, 5) is 4.65. The third-order valence-corrected chi connectivity index (χ3v) is 5.84. The second-order valence-corrected chi connectivity index (χ2v) is 8.37. The molecule has 0 saturated heterocycles. The fourth-order valence-corrected chi connectivity index (χ4v) is 3.79. The molecule has 0 aliphatic heterocycles. The van der Waals surface area contributed by atoms with Gasteiger partial charge in [0.05, 0.1) is 18.5 Å². The molecule has 0 atom stereocenters. The summed E-state index contributed by atoms with van der Waals surface area (Å²) in [6, 6.07) is 14.4. The van der Waals surface area contributed by atoms with Gasteiger partial charge in [0.1, 0.15) is 5.75 Å². The van der Waals surface area contributed by atoms with Crippen LogP contribution in [0.5, 0.6) is 5.75 Å². The van der Waals surface area contributed by atoms with Gasteiger partial charge in [-0.1, -0.05) is 56.9 Å². The molecule has 0 saturated carbocycles. The standard InChI is InChI=1S/C25H31N3OS/c1-4-5-6-7-10-15-29-24-12-9-8-11-22(24)17-26-28-25-27-23(18-30-25)21-14-13-19(2)20(3)16-21/h8-9,11-14,16-18H,4-7,10,15H2,1-3H3,(H,27,28)/b26-17-. The predicted molar refractivity (Wildman–Crippen MR) is 129 cm³/mol. The second-order valence-electron chi connectivity index (χ2n) is 7.51. The summed E-state index contributed by atoms with van der Waals surface area (Å²) in [6.07, 6.45) is 7.95. The number of rotatable bonds is 11. The van der Waals surface area contributed by atoms with Gasteiger partial charge >= 0.3 is 0 Å². The van der Waals surface area contributed by atoms with E-state index in [1.54, 1.807) is 17.6 Å². The van der Waals surface area contributed by atoms with Crippen LogP contribution in [-0.4, -0.2) is 17.8 Å². The number of nitrogens with zero attached hydrogens (tertiary/aromatic N) is 2. The fourth-order valence-electron chi connectivity index (χ4n) is 3.12. The van der Waals surface area contributed by atoms with E-state index >= 15 is 0 Å². The number of aromatic nitrogens is 1. The Labute approximate surface area is 184 Å². The first kappa shape index (κ1) is 22.0. The molecule has 0 fully saturated rings. The Hall–Kier alpha value is -2.66. The molecule has 2 aromatic carbocycles. The highest BCUT2D eigenvalue weighted by molar-refractivity contribution is 7.14. The summed E-state index contributed by atoms with van der Waals surface area (Å²) in [6.45, 7) is 7.22. The Morgan fingerprint density at radius 2 is 1.87 bits per heavy atom. The van der Waals surface area contributed by atoms with Gasteiger partial charge in [-0.25, -0.2) is 4.98 Å². The van der Waals surface area contributed by atoms with E-state index in [-0.39, 0.29) is 0 Å². The molecule has 1 N–H and O–H groups in total. The van der Waals surface area contributed by atoms with Crippen molar-refractivity contribution in [3.63, 3.8) is 0 Å². The molecule has 0 aliphatic carbocycles. The molecule has 158 valence electrons. The lowest BCUT2D eigenvalue weighted by Crippen LogP contribution is -2.00. The number of para-hydroxylation sites is 1. The largest absolute Gasteiger partial charge is 0.493 e. The van der Waals surface area contributed by atoms with Gasteiger partial charge in [-0.2, -0.15) is 5.10 Å². The molecule has 0 unspecified atom stereocenters. The van der Waals surface area contributed by atoms with Crippen molar-refractivity contribution in [1.29, 1.82) is 0 Å². The summed E-state index contributed by atoms with van der Waals surface area (Å²) in [5, 5.41) is 7.20. The number of hydrogen-bond donors (Lipinski definition) is 1. The Morgan fingerprint density at radius 3 is 2.70 bits per heavy atom. The number of hydrazone groups is 1. The number of thiazole rings is 1. The van der Waals surface area contributed by atoms with Crippen molar-refractivity contribution in [3.05, 3.63) is 64.5 Å². The van der Waals surface area contributed by atoms with Crippen molar-refractivity contribution in [1.82, 2.24) is 4.98 Å². The smallest absolute Gasteiger partial charge is 0.203 e. The lowest BCUT2D eigenvalue weighted by molar-refractivity contribution is 0.304. The average molecular weight is 422 g/mol. The van der Waals surface area contributed by atoms with E-state index in [0.29, 0.717) is 0 Å². The van der Waals surface area contributed by atoms with E-state index in [1.807, 2.05) is 24.3 Å². The molecular formula is C25H31N3OS. The van der Waals surface area contributed by atoms with Crippen LogP contribution in [0.15, 0.2) is 52.9 Å². The monoisotopic (exact) mass is 421 g/mol. The molecule has 0 spiro atoms. The first-order valence-corrected chi connectivity index (χ1v) is 11.6. The second kappa shape index (κ2) is 11.5. The van der Waals surface area contributed by atoms with Crippen molar-refractivity contribution in [2.45, 2.75) is 52.9 Å². The molecule has 3 rings (SSSR count). The Balaban J connectivity index is 1.55. The average Bonchev–Trinajstić information content (AvgIpc) is 3.22. The Bertz CT molecular complexity index is 965. The topological polar surface area (TPSA) is 46.5 Å². The molecule has 0 radical (unpaired) electrons. The van der Waals surface area contributed by atoms with Crippen LogP contribution in [0.25, 0.3) is 11.3 Å². The van der Waals surface area contributed by atoms with Gasteiger partial charge in [0.25, 0.3) is 0 Å². The summed E-state index contributed by atoms with van der Waals surface area (Å²) in [5.74, 6) is 0.869. The van der Waals surface area contributed by atoms with Crippen LogP contribution in [0.3, 0.4) is 0 Å². The van der Waals surface area contributed by atoms with Crippen LogP contribution < -0.4 is 10.2 Å². The zero-order chi connectivity index (χ0) is 21.2. The van der Waals surface area contributed by atoms with Crippen LogP contribution in [-0.2, 0) is 0 Å². The third kappa shape index (κ3) is 6.42. The van der Waals surface area contributed by atoms with Crippen LogP contribution in [0.1, 0.15) is 55.7 Å². The number of ether oxygens (including phenoxy) is 1. The van der Waals surface area contributed by atoms with E-state index in [0.717, 1.165) is 40.7 Å². The molecule has 1 heterocycles. The molecule has 3 aromatic rings. The summed E-state index contributed by atoms with van der Waals surface area (Å²) in [7, 11) is 0. The third-order valence-electron chi connectivity index (χ3n) is 5.10. The van der Waals surface area contributed by atoms with Gasteiger partial charge < -0.3 is 4.74 Å². The summed E-state index contributed by atoms with van der Waals surface area (Å²) < 4.78 is 5.97. The molecule has 0 amide bonds. The maximum absolute atomic E-state index is 5.97. The Morgan fingerprint density at radius 1 is 1.03 bits per heavy atom. The van der Waals surface area contributed by atoms with Gasteiger partial charge in [0.15, 0.2) is 0 Å². The molecule has 4 nitrogen and oxygen atoms in total. The zero-order valence-corrected chi connectivity index (χ0v) is 19.0. The van der Waals surface area contributed by atoms with Crippen LogP contribution >= 0.6 is 11.3 Å². The summed E-state index contributed by atoms with van der Waals surface area (Å²) >= 11 is 1.55. The minimum atomic E-state index is 0.744. The minimum absolute atomic E-state index is 0.744. The van der Waals surface area contributed by atoms with E-state index in [4.69, 9.17) is 4.74 Å². The number of nitrogens with one attached hydrogen (secondary N) is 1. The lowest BCUT2D eigenvalue weighted by Gasteiger charge is -2.08. The van der Waals surface area contributed by atoms with Gasteiger partial charge in [0, 0.05) is 16.5 Å². The molecular weight excluding hydrogens is 390 g/mol. The highest BCUT2D eigenvalue weighted by Gasteiger charge is 2.06. The molecule has 30 heavy (non-hydrogen) atoms.